The van der Waals surface area contributed by atoms with Crippen LogP contribution in [0.25, 0.3) is 0 Å². The Labute approximate surface area is 76.9 Å². The highest BCUT2D eigenvalue weighted by Gasteiger charge is 2.27. The van der Waals surface area contributed by atoms with Gasteiger partial charge in [0.2, 0.25) is 0 Å². The molecule has 1 rings (SSSR count). The summed E-state index contributed by atoms with van der Waals surface area (Å²) in [6.07, 6.45) is 4.25. The molecule has 12 heavy (non-hydrogen) atoms. The summed E-state index contributed by atoms with van der Waals surface area (Å²) >= 11 is 0. The molecule has 1 aliphatic rings. The molecular formula is C11H23N. The van der Waals surface area contributed by atoms with E-state index in [1.807, 2.05) is 0 Å². The highest BCUT2D eigenvalue weighted by Crippen LogP contribution is 2.28. The van der Waals surface area contributed by atoms with E-state index in [4.69, 9.17) is 0 Å². The predicted octanol–water partition coefficient (Wildman–Crippen LogP) is 2.81. The third-order valence-electron chi connectivity index (χ3n) is 3.07. The zero-order valence-corrected chi connectivity index (χ0v) is 8.93. The molecule has 0 aliphatic heterocycles. The van der Waals surface area contributed by atoms with Gasteiger partial charge < -0.3 is 5.32 Å². The van der Waals surface area contributed by atoms with Crippen molar-refractivity contribution >= 4 is 0 Å². The number of rotatable bonds is 2. The maximum atomic E-state index is 3.68. The van der Waals surface area contributed by atoms with Gasteiger partial charge in [0.05, 0.1) is 0 Å². The molecule has 72 valence electrons. The molecule has 1 nitrogen and oxygen atoms in total. The molecule has 2 unspecified atom stereocenters. The van der Waals surface area contributed by atoms with Gasteiger partial charge in [0.25, 0.3) is 0 Å². The summed E-state index contributed by atoms with van der Waals surface area (Å²) in [6.45, 7) is 9.26. The molecule has 0 heterocycles. The van der Waals surface area contributed by atoms with Gasteiger partial charge in [-0.1, -0.05) is 34.1 Å². The van der Waals surface area contributed by atoms with Crippen molar-refractivity contribution in [1.29, 1.82) is 0 Å². The van der Waals surface area contributed by atoms with Gasteiger partial charge in [-0.05, 0) is 24.7 Å². The highest BCUT2D eigenvalue weighted by molar-refractivity contribution is 4.84. The molecule has 1 saturated carbocycles. The Morgan fingerprint density at radius 3 is 2.00 bits per heavy atom. The SMILES string of the molecule is CC(C)NC1C(C)CCCC1C. The molecule has 0 radical (unpaired) electrons. The normalized spacial score (nSPS) is 37.2. The van der Waals surface area contributed by atoms with Crippen molar-refractivity contribution in [3.8, 4) is 0 Å². The zero-order valence-electron chi connectivity index (χ0n) is 8.93. The number of hydrogen-bond donors (Lipinski definition) is 1. The molecule has 1 heteroatoms. The van der Waals surface area contributed by atoms with E-state index in [0.717, 1.165) is 17.9 Å². The van der Waals surface area contributed by atoms with Crippen LogP contribution in [-0.2, 0) is 0 Å². The lowest BCUT2D eigenvalue weighted by atomic mass is 9.78. The van der Waals surface area contributed by atoms with Gasteiger partial charge in [-0.15, -0.1) is 0 Å². The smallest absolute Gasteiger partial charge is 0.0121 e. The standard InChI is InChI=1S/C11H23N/c1-8(2)12-11-9(3)6-5-7-10(11)4/h8-12H,5-7H2,1-4H3. The van der Waals surface area contributed by atoms with Crippen LogP contribution < -0.4 is 5.32 Å². The van der Waals surface area contributed by atoms with E-state index in [9.17, 15) is 0 Å². The average Bonchev–Trinajstić information content (AvgIpc) is 1.97. The van der Waals surface area contributed by atoms with Crippen molar-refractivity contribution in [3.05, 3.63) is 0 Å². The average molecular weight is 169 g/mol. The van der Waals surface area contributed by atoms with Crippen molar-refractivity contribution in [3.63, 3.8) is 0 Å². The van der Waals surface area contributed by atoms with Crippen LogP contribution >= 0.6 is 0 Å². The lowest BCUT2D eigenvalue weighted by molar-refractivity contribution is 0.199. The second kappa shape index (κ2) is 4.27. The Kier molecular flexibility index (Phi) is 3.57. The Morgan fingerprint density at radius 1 is 1.08 bits per heavy atom. The fraction of sp³-hybridized carbons (Fsp3) is 1.00. The van der Waals surface area contributed by atoms with Gasteiger partial charge in [0, 0.05) is 12.1 Å². The van der Waals surface area contributed by atoms with E-state index >= 15 is 0 Å². The number of nitrogens with one attached hydrogen (secondary N) is 1. The number of hydrogen-bond acceptors (Lipinski definition) is 1. The Bertz CT molecular complexity index is 121. The zero-order chi connectivity index (χ0) is 9.14. The van der Waals surface area contributed by atoms with E-state index in [-0.39, 0.29) is 0 Å². The second-order valence-corrected chi connectivity index (χ2v) is 4.73. The van der Waals surface area contributed by atoms with Crippen LogP contribution in [0.5, 0.6) is 0 Å². The maximum Gasteiger partial charge on any atom is 0.0121 e. The summed E-state index contributed by atoms with van der Waals surface area (Å²) in [4.78, 5) is 0. The van der Waals surface area contributed by atoms with Crippen molar-refractivity contribution in [2.24, 2.45) is 11.8 Å². The minimum Gasteiger partial charge on any atom is -0.311 e. The van der Waals surface area contributed by atoms with E-state index in [1.54, 1.807) is 0 Å². The minimum atomic E-state index is 0.637. The largest absolute Gasteiger partial charge is 0.311 e. The van der Waals surface area contributed by atoms with Crippen LogP contribution in [0.3, 0.4) is 0 Å². The van der Waals surface area contributed by atoms with Crippen LogP contribution in [0, 0.1) is 11.8 Å². The van der Waals surface area contributed by atoms with Gasteiger partial charge >= 0.3 is 0 Å². The Hall–Kier alpha value is -0.0400. The van der Waals surface area contributed by atoms with E-state index < -0.39 is 0 Å². The van der Waals surface area contributed by atoms with Crippen LogP contribution in [0.15, 0.2) is 0 Å². The van der Waals surface area contributed by atoms with Gasteiger partial charge in [0.1, 0.15) is 0 Å². The molecule has 0 aromatic heterocycles. The Balaban J connectivity index is 2.45. The molecule has 0 bridgehead atoms. The van der Waals surface area contributed by atoms with Crippen molar-refractivity contribution in [2.75, 3.05) is 0 Å². The van der Waals surface area contributed by atoms with Gasteiger partial charge in [-0.25, -0.2) is 0 Å². The first-order chi connectivity index (χ1) is 5.61. The van der Waals surface area contributed by atoms with Crippen molar-refractivity contribution in [2.45, 2.75) is 59.0 Å². The molecule has 0 amide bonds. The lowest BCUT2D eigenvalue weighted by Gasteiger charge is -2.36. The summed E-state index contributed by atoms with van der Waals surface area (Å²) in [5, 5.41) is 3.68. The predicted molar refractivity (Wildman–Crippen MR) is 54.2 cm³/mol. The minimum absolute atomic E-state index is 0.637. The van der Waals surface area contributed by atoms with Gasteiger partial charge in [-0.2, -0.15) is 0 Å². The van der Waals surface area contributed by atoms with Gasteiger partial charge in [-0.3, -0.25) is 0 Å². The quantitative estimate of drug-likeness (QED) is 0.670. The summed E-state index contributed by atoms with van der Waals surface area (Å²) in [7, 11) is 0. The first kappa shape index (κ1) is 10.0. The van der Waals surface area contributed by atoms with E-state index in [0.29, 0.717) is 6.04 Å². The fourth-order valence-corrected chi connectivity index (χ4v) is 2.40. The van der Waals surface area contributed by atoms with Crippen molar-refractivity contribution in [1.82, 2.24) is 5.32 Å². The van der Waals surface area contributed by atoms with E-state index in [1.165, 1.54) is 19.3 Å². The fourth-order valence-electron chi connectivity index (χ4n) is 2.40. The summed E-state index contributed by atoms with van der Waals surface area (Å²) in [6, 6.07) is 1.40. The molecule has 1 aliphatic carbocycles. The Morgan fingerprint density at radius 2 is 1.58 bits per heavy atom. The third-order valence-corrected chi connectivity index (χ3v) is 3.07. The van der Waals surface area contributed by atoms with Crippen LogP contribution in [0.1, 0.15) is 47.0 Å². The summed E-state index contributed by atoms with van der Waals surface area (Å²) in [5.41, 5.74) is 0. The monoisotopic (exact) mass is 169 g/mol. The van der Waals surface area contributed by atoms with Gasteiger partial charge in [0.15, 0.2) is 0 Å². The molecule has 1 fully saturated rings. The van der Waals surface area contributed by atoms with Crippen LogP contribution in [0.2, 0.25) is 0 Å². The molecule has 0 spiro atoms. The summed E-state index contributed by atoms with van der Waals surface area (Å²) < 4.78 is 0. The topological polar surface area (TPSA) is 12.0 Å². The van der Waals surface area contributed by atoms with E-state index in [2.05, 4.69) is 33.0 Å². The molecule has 2 atom stereocenters. The molecular weight excluding hydrogens is 146 g/mol. The third kappa shape index (κ3) is 2.48. The van der Waals surface area contributed by atoms with Crippen LogP contribution in [0.4, 0.5) is 0 Å². The van der Waals surface area contributed by atoms with Crippen LogP contribution in [-0.4, -0.2) is 12.1 Å². The molecule has 0 aromatic carbocycles. The highest BCUT2D eigenvalue weighted by atomic mass is 15.0. The molecule has 0 saturated heterocycles. The lowest BCUT2D eigenvalue weighted by Crippen LogP contribution is -2.45. The molecule has 1 N–H and O–H groups in total. The summed E-state index contributed by atoms with van der Waals surface area (Å²) in [5.74, 6) is 1.74. The van der Waals surface area contributed by atoms with Crippen molar-refractivity contribution < 1.29 is 0 Å². The first-order valence-electron chi connectivity index (χ1n) is 5.37. The first-order valence-corrected chi connectivity index (χ1v) is 5.37. The molecule has 0 aromatic rings. The second-order valence-electron chi connectivity index (χ2n) is 4.73. The maximum absolute atomic E-state index is 3.68.